The second-order valence-corrected chi connectivity index (χ2v) is 8.94. The van der Waals surface area contributed by atoms with Gasteiger partial charge in [0.05, 0.1) is 35.3 Å². The van der Waals surface area contributed by atoms with Gasteiger partial charge in [-0.05, 0) is 42.1 Å². The Kier molecular flexibility index (Phi) is 6.23. The SMILES string of the molecule is COc1ccccc1N1CCN(CCc2cnn(-c3ccccc3)c2-c2cccs2)CC1. The van der Waals surface area contributed by atoms with Gasteiger partial charge in [-0.3, -0.25) is 4.90 Å². The van der Waals surface area contributed by atoms with Crippen LogP contribution in [0.25, 0.3) is 16.3 Å². The third-order valence-corrected chi connectivity index (χ3v) is 6.97. The van der Waals surface area contributed by atoms with Crippen molar-refractivity contribution in [1.82, 2.24) is 14.7 Å². The van der Waals surface area contributed by atoms with Crippen LogP contribution in [-0.4, -0.2) is 54.5 Å². The molecular weight excluding hydrogens is 416 g/mol. The van der Waals surface area contributed by atoms with Crippen molar-refractivity contribution in [1.29, 1.82) is 0 Å². The number of piperazine rings is 1. The van der Waals surface area contributed by atoms with Gasteiger partial charge in [-0.25, -0.2) is 4.68 Å². The molecule has 1 aliphatic heterocycles. The Morgan fingerprint density at radius 1 is 0.906 bits per heavy atom. The number of anilines is 1. The van der Waals surface area contributed by atoms with E-state index >= 15 is 0 Å². The standard InChI is InChI=1S/C26H28N4OS/c1-31-24-11-6-5-10-23(24)29-17-15-28(16-18-29)14-13-21-20-27-30(22-8-3-2-4-9-22)26(21)25-12-7-19-32-25/h2-12,19-20H,13-18H2,1H3. The van der Waals surface area contributed by atoms with Gasteiger partial charge in [0.2, 0.25) is 0 Å². The number of benzene rings is 2. The Morgan fingerprint density at radius 2 is 1.69 bits per heavy atom. The van der Waals surface area contributed by atoms with Gasteiger partial charge < -0.3 is 9.64 Å². The summed E-state index contributed by atoms with van der Waals surface area (Å²) >= 11 is 1.77. The minimum absolute atomic E-state index is 0.954. The molecule has 0 amide bonds. The average Bonchev–Trinajstić information content (AvgIpc) is 3.53. The first kappa shape index (κ1) is 20.8. The third-order valence-electron chi connectivity index (χ3n) is 6.10. The zero-order valence-corrected chi connectivity index (χ0v) is 19.2. The maximum Gasteiger partial charge on any atom is 0.142 e. The molecule has 0 aliphatic carbocycles. The minimum atomic E-state index is 0.954. The van der Waals surface area contributed by atoms with Crippen molar-refractivity contribution in [2.75, 3.05) is 44.7 Å². The normalized spacial score (nSPS) is 14.6. The van der Waals surface area contributed by atoms with E-state index in [-0.39, 0.29) is 0 Å². The summed E-state index contributed by atoms with van der Waals surface area (Å²) in [6, 6.07) is 23.0. The molecule has 32 heavy (non-hydrogen) atoms. The molecule has 5 rings (SSSR count). The van der Waals surface area contributed by atoms with Crippen LogP contribution in [0, 0.1) is 0 Å². The number of hydrogen-bond acceptors (Lipinski definition) is 5. The topological polar surface area (TPSA) is 33.5 Å². The van der Waals surface area contributed by atoms with E-state index in [4.69, 9.17) is 9.84 Å². The van der Waals surface area contributed by atoms with Crippen molar-refractivity contribution >= 4 is 17.0 Å². The van der Waals surface area contributed by atoms with E-state index in [0.717, 1.165) is 50.6 Å². The number of nitrogens with zero attached hydrogens (tertiary/aromatic N) is 4. The van der Waals surface area contributed by atoms with Gasteiger partial charge in [0, 0.05) is 38.3 Å². The first-order chi connectivity index (χ1) is 15.8. The maximum atomic E-state index is 5.55. The first-order valence-electron chi connectivity index (χ1n) is 11.1. The number of aromatic nitrogens is 2. The van der Waals surface area contributed by atoms with Crippen molar-refractivity contribution in [3.05, 3.63) is 83.9 Å². The van der Waals surface area contributed by atoms with Crippen molar-refractivity contribution in [2.45, 2.75) is 6.42 Å². The Morgan fingerprint density at radius 3 is 2.44 bits per heavy atom. The van der Waals surface area contributed by atoms with Crippen LogP contribution in [0.3, 0.4) is 0 Å². The molecule has 2 aromatic heterocycles. The van der Waals surface area contributed by atoms with Crippen molar-refractivity contribution in [2.24, 2.45) is 0 Å². The number of methoxy groups -OCH3 is 1. The molecule has 0 radical (unpaired) electrons. The number of ether oxygens (including phenoxy) is 1. The van der Waals surface area contributed by atoms with Gasteiger partial charge in [-0.2, -0.15) is 5.10 Å². The van der Waals surface area contributed by atoms with E-state index in [1.165, 1.54) is 21.8 Å². The van der Waals surface area contributed by atoms with E-state index in [1.54, 1.807) is 18.4 Å². The van der Waals surface area contributed by atoms with Crippen molar-refractivity contribution in [3.63, 3.8) is 0 Å². The summed E-state index contributed by atoms with van der Waals surface area (Å²) in [6.07, 6.45) is 3.04. The van der Waals surface area contributed by atoms with Gasteiger partial charge in [0.25, 0.3) is 0 Å². The molecule has 5 nitrogen and oxygen atoms in total. The molecule has 0 bridgehead atoms. The Labute approximate surface area is 193 Å². The van der Waals surface area contributed by atoms with Gasteiger partial charge in [0.15, 0.2) is 0 Å². The smallest absolute Gasteiger partial charge is 0.142 e. The van der Waals surface area contributed by atoms with Crippen LogP contribution in [-0.2, 0) is 6.42 Å². The third kappa shape index (κ3) is 4.29. The number of hydrogen-bond donors (Lipinski definition) is 0. The van der Waals surface area contributed by atoms with Crippen LogP contribution in [0.15, 0.2) is 78.3 Å². The van der Waals surface area contributed by atoms with Gasteiger partial charge >= 0.3 is 0 Å². The van der Waals surface area contributed by atoms with Crippen LogP contribution < -0.4 is 9.64 Å². The van der Waals surface area contributed by atoms with Crippen LogP contribution in [0.5, 0.6) is 5.75 Å². The van der Waals surface area contributed by atoms with E-state index in [9.17, 15) is 0 Å². The summed E-state index contributed by atoms with van der Waals surface area (Å²) in [6.45, 7) is 5.18. The molecule has 1 aliphatic rings. The predicted octanol–water partition coefficient (Wildman–Crippen LogP) is 4.97. The second-order valence-electron chi connectivity index (χ2n) is 7.99. The maximum absolute atomic E-state index is 5.55. The summed E-state index contributed by atoms with van der Waals surface area (Å²) in [7, 11) is 1.75. The fraction of sp³-hybridized carbons (Fsp3) is 0.269. The molecule has 2 aromatic carbocycles. The van der Waals surface area contributed by atoms with Crippen LogP contribution in [0.2, 0.25) is 0 Å². The lowest BCUT2D eigenvalue weighted by atomic mass is 10.1. The minimum Gasteiger partial charge on any atom is -0.495 e. The molecule has 0 spiro atoms. The zero-order valence-electron chi connectivity index (χ0n) is 18.4. The van der Waals surface area contributed by atoms with E-state index in [1.807, 2.05) is 24.4 Å². The highest BCUT2D eigenvalue weighted by molar-refractivity contribution is 7.13. The first-order valence-corrected chi connectivity index (χ1v) is 12.0. The fourth-order valence-electron chi connectivity index (χ4n) is 4.39. The number of para-hydroxylation sites is 3. The van der Waals surface area contributed by atoms with Gasteiger partial charge in [0.1, 0.15) is 5.75 Å². The Hall–Kier alpha value is -3.09. The quantitative estimate of drug-likeness (QED) is 0.403. The number of thiophene rings is 1. The van der Waals surface area contributed by atoms with Gasteiger partial charge in [-0.1, -0.05) is 36.4 Å². The largest absolute Gasteiger partial charge is 0.495 e. The zero-order chi connectivity index (χ0) is 21.8. The highest BCUT2D eigenvalue weighted by Crippen LogP contribution is 2.31. The fourth-order valence-corrected chi connectivity index (χ4v) is 5.18. The summed E-state index contributed by atoms with van der Waals surface area (Å²) < 4.78 is 7.64. The van der Waals surface area contributed by atoms with E-state index in [0.29, 0.717) is 0 Å². The highest BCUT2D eigenvalue weighted by Gasteiger charge is 2.21. The van der Waals surface area contributed by atoms with Crippen LogP contribution >= 0.6 is 11.3 Å². The molecule has 0 atom stereocenters. The second kappa shape index (κ2) is 9.59. The highest BCUT2D eigenvalue weighted by atomic mass is 32.1. The van der Waals surface area contributed by atoms with Crippen LogP contribution in [0.4, 0.5) is 5.69 Å². The van der Waals surface area contributed by atoms with Crippen molar-refractivity contribution in [3.8, 4) is 22.0 Å². The monoisotopic (exact) mass is 444 g/mol. The van der Waals surface area contributed by atoms with E-state index in [2.05, 4.69) is 68.4 Å². The lowest BCUT2D eigenvalue weighted by molar-refractivity contribution is 0.260. The lowest BCUT2D eigenvalue weighted by Crippen LogP contribution is -2.47. The molecule has 6 heteroatoms. The molecule has 0 unspecified atom stereocenters. The Balaban J connectivity index is 1.28. The number of rotatable bonds is 7. The average molecular weight is 445 g/mol. The van der Waals surface area contributed by atoms with Gasteiger partial charge in [-0.15, -0.1) is 11.3 Å². The van der Waals surface area contributed by atoms with Crippen LogP contribution in [0.1, 0.15) is 5.56 Å². The molecule has 0 N–H and O–H groups in total. The summed E-state index contributed by atoms with van der Waals surface area (Å²) in [4.78, 5) is 6.26. The van der Waals surface area contributed by atoms with E-state index < -0.39 is 0 Å². The molecule has 4 aromatic rings. The molecule has 1 fully saturated rings. The Bertz CT molecular complexity index is 1130. The summed E-state index contributed by atoms with van der Waals surface area (Å²) in [5, 5.41) is 6.90. The molecule has 0 saturated carbocycles. The summed E-state index contributed by atoms with van der Waals surface area (Å²) in [5.74, 6) is 0.954. The van der Waals surface area contributed by atoms with Crippen molar-refractivity contribution < 1.29 is 4.74 Å². The molecular formula is C26H28N4OS. The molecule has 3 heterocycles. The summed E-state index contributed by atoms with van der Waals surface area (Å²) in [5.41, 5.74) is 4.83. The molecule has 164 valence electrons. The lowest BCUT2D eigenvalue weighted by Gasteiger charge is -2.36. The molecule has 1 saturated heterocycles. The predicted molar refractivity (Wildman–Crippen MR) is 132 cm³/mol.